The molecule has 0 radical (unpaired) electrons. The van der Waals surface area contributed by atoms with Crippen LogP contribution in [0.3, 0.4) is 0 Å². The number of carbonyl (C=O) groups excluding carboxylic acids is 1. The lowest BCUT2D eigenvalue weighted by molar-refractivity contribution is -0.137. The molecule has 120 valence electrons. The van der Waals surface area contributed by atoms with Crippen LogP contribution in [0.4, 0.5) is 4.79 Å². The van der Waals surface area contributed by atoms with Crippen LogP contribution >= 0.6 is 0 Å². The highest BCUT2D eigenvalue weighted by Crippen LogP contribution is 2.21. The van der Waals surface area contributed by atoms with Crippen molar-refractivity contribution in [2.75, 3.05) is 33.2 Å². The third-order valence-electron chi connectivity index (χ3n) is 4.62. The number of amides is 2. The molecule has 1 unspecified atom stereocenters. The number of carboxylic acid groups (broad SMARTS) is 1. The highest BCUT2D eigenvalue weighted by atomic mass is 16.4. The van der Waals surface area contributed by atoms with Crippen LogP contribution in [-0.2, 0) is 4.79 Å². The van der Waals surface area contributed by atoms with E-state index in [-0.39, 0.29) is 18.5 Å². The quantitative estimate of drug-likeness (QED) is 0.822. The average molecular weight is 297 g/mol. The predicted molar refractivity (Wildman–Crippen MR) is 80.2 cm³/mol. The standard InChI is InChI=1S/C15H27N3O3/c1-17-9-6-13(7-10-17)16-15(21)18-8-2-3-12(11-18)4-5-14(19)20/h12-13H,2-11H2,1H3,(H,16,21)(H,19,20). The Balaban J connectivity index is 1.75. The van der Waals surface area contributed by atoms with E-state index in [4.69, 9.17) is 5.11 Å². The third-order valence-corrected chi connectivity index (χ3v) is 4.62. The lowest BCUT2D eigenvalue weighted by atomic mass is 9.93. The van der Waals surface area contributed by atoms with Gasteiger partial charge >= 0.3 is 12.0 Å². The number of piperidine rings is 2. The Kier molecular flexibility index (Phi) is 5.85. The number of likely N-dealkylation sites (tertiary alicyclic amines) is 2. The molecule has 2 aliphatic rings. The molecule has 21 heavy (non-hydrogen) atoms. The first kappa shape index (κ1) is 16.1. The first-order chi connectivity index (χ1) is 10.0. The average Bonchev–Trinajstić information content (AvgIpc) is 2.48. The van der Waals surface area contributed by atoms with Crippen LogP contribution in [0.5, 0.6) is 0 Å². The minimum Gasteiger partial charge on any atom is -0.481 e. The number of carbonyl (C=O) groups is 2. The van der Waals surface area contributed by atoms with Crippen LogP contribution in [0.15, 0.2) is 0 Å². The van der Waals surface area contributed by atoms with Gasteiger partial charge in [-0.25, -0.2) is 4.79 Å². The van der Waals surface area contributed by atoms with Crippen molar-refractivity contribution in [3.8, 4) is 0 Å². The molecule has 0 aromatic rings. The molecule has 0 aliphatic carbocycles. The van der Waals surface area contributed by atoms with Gasteiger partial charge in [0.15, 0.2) is 0 Å². The zero-order valence-electron chi connectivity index (χ0n) is 12.9. The Morgan fingerprint density at radius 2 is 1.90 bits per heavy atom. The smallest absolute Gasteiger partial charge is 0.317 e. The van der Waals surface area contributed by atoms with Gasteiger partial charge in [0.2, 0.25) is 0 Å². The van der Waals surface area contributed by atoms with E-state index >= 15 is 0 Å². The second-order valence-electron chi connectivity index (χ2n) is 6.41. The first-order valence-corrected chi connectivity index (χ1v) is 8.00. The fourth-order valence-corrected chi connectivity index (χ4v) is 3.23. The number of nitrogens with one attached hydrogen (secondary N) is 1. The Morgan fingerprint density at radius 3 is 2.57 bits per heavy atom. The number of hydrogen-bond acceptors (Lipinski definition) is 3. The minimum atomic E-state index is -0.747. The number of nitrogens with zero attached hydrogens (tertiary/aromatic N) is 2. The molecule has 2 heterocycles. The molecule has 6 nitrogen and oxygen atoms in total. The molecule has 6 heteroatoms. The molecule has 0 bridgehead atoms. The Labute approximate surface area is 126 Å². The van der Waals surface area contributed by atoms with E-state index in [1.54, 1.807) is 0 Å². The van der Waals surface area contributed by atoms with E-state index in [1.807, 2.05) is 4.90 Å². The van der Waals surface area contributed by atoms with E-state index in [2.05, 4.69) is 17.3 Å². The summed E-state index contributed by atoms with van der Waals surface area (Å²) in [4.78, 5) is 27.1. The molecule has 0 aromatic carbocycles. The summed E-state index contributed by atoms with van der Waals surface area (Å²) in [5.41, 5.74) is 0. The Morgan fingerprint density at radius 1 is 1.19 bits per heavy atom. The number of carboxylic acids is 1. The van der Waals surface area contributed by atoms with Crippen LogP contribution in [0, 0.1) is 5.92 Å². The minimum absolute atomic E-state index is 0.0320. The van der Waals surface area contributed by atoms with E-state index in [0.717, 1.165) is 45.3 Å². The number of urea groups is 1. The van der Waals surface area contributed by atoms with Crippen LogP contribution < -0.4 is 5.32 Å². The summed E-state index contributed by atoms with van der Waals surface area (Å²) < 4.78 is 0. The largest absolute Gasteiger partial charge is 0.481 e. The van der Waals surface area contributed by atoms with Crippen molar-refractivity contribution in [3.05, 3.63) is 0 Å². The van der Waals surface area contributed by atoms with Gasteiger partial charge in [-0.05, 0) is 58.2 Å². The van der Waals surface area contributed by atoms with Gasteiger partial charge in [0.25, 0.3) is 0 Å². The predicted octanol–water partition coefficient (Wildman–Crippen LogP) is 1.37. The lowest BCUT2D eigenvalue weighted by Crippen LogP contribution is -2.51. The summed E-state index contributed by atoms with van der Waals surface area (Å²) in [5.74, 6) is -0.416. The molecule has 0 saturated carbocycles. The van der Waals surface area contributed by atoms with Gasteiger partial charge in [-0.15, -0.1) is 0 Å². The van der Waals surface area contributed by atoms with Crippen molar-refractivity contribution in [2.45, 2.75) is 44.6 Å². The molecule has 0 spiro atoms. The normalized spacial score (nSPS) is 24.8. The second kappa shape index (κ2) is 7.64. The van der Waals surface area contributed by atoms with E-state index in [0.29, 0.717) is 18.9 Å². The first-order valence-electron chi connectivity index (χ1n) is 8.00. The molecule has 2 fully saturated rings. The van der Waals surface area contributed by atoms with Crippen molar-refractivity contribution in [2.24, 2.45) is 5.92 Å². The van der Waals surface area contributed by atoms with Crippen LogP contribution in [-0.4, -0.2) is 66.2 Å². The number of hydrogen-bond donors (Lipinski definition) is 2. The van der Waals surface area contributed by atoms with Crippen LogP contribution in [0.2, 0.25) is 0 Å². The SMILES string of the molecule is CN1CCC(NC(=O)N2CCCC(CCC(=O)O)C2)CC1. The van der Waals surface area contributed by atoms with Crippen molar-refractivity contribution >= 4 is 12.0 Å². The highest BCUT2D eigenvalue weighted by molar-refractivity contribution is 5.74. The number of rotatable bonds is 4. The van der Waals surface area contributed by atoms with Gasteiger partial charge in [0, 0.05) is 25.6 Å². The van der Waals surface area contributed by atoms with Gasteiger partial charge in [0.05, 0.1) is 0 Å². The van der Waals surface area contributed by atoms with Crippen LogP contribution in [0.25, 0.3) is 0 Å². The fourth-order valence-electron chi connectivity index (χ4n) is 3.23. The summed E-state index contributed by atoms with van der Waals surface area (Å²) in [5, 5.41) is 11.9. The number of aliphatic carboxylic acids is 1. The molecule has 2 N–H and O–H groups in total. The van der Waals surface area contributed by atoms with Gasteiger partial charge in [-0.3, -0.25) is 4.79 Å². The molecule has 0 aromatic heterocycles. The van der Waals surface area contributed by atoms with E-state index in [9.17, 15) is 9.59 Å². The summed E-state index contributed by atoms with van der Waals surface area (Å²) in [6, 6.07) is 0.317. The van der Waals surface area contributed by atoms with E-state index in [1.165, 1.54) is 0 Å². The van der Waals surface area contributed by atoms with Crippen molar-refractivity contribution in [1.29, 1.82) is 0 Å². The monoisotopic (exact) mass is 297 g/mol. The summed E-state index contributed by atoms with van der Waals surface area (Å²) in [7, 11) is 2.11. The summed E-state index contributed by atoms with van der Waals surface area (Å²) in [6.45, 7) is 3.56. The highest BCUT2D eigenvalue weighted by Gasteiger charge is 2.26. The maximum atomic E-state index is 12.3. The van der Waals surface area contributed by atoms with Crippen LogP contribution in [0.1, 0.15) is 38.5 Å². The fraction of sp³-hybridized carbons (Fsp3) is 0.867. The maximum absolute atomic E-state index is 12.3. The molecule has 2 aliphatic heterocycles. The summed E-state index contributed by atoms with van der Waals surface area (Å²) >= 11 is 0. The topological polar surface area (TPSA) is 72.9 Å². The van der Waals surface area contributed by atoms with Gasteiger partial charge < -0.3 is 20.2 Å². The Bertz CT molecular complexity index is 367. The van der Waals surface area contributed by atoms with Crippen molar-refractivity contribution in [3.63, 3.8) is 0 Å². The third kappa shape index (κ3) is 5.19. The van der Waals surface area contributed by atoms with E-state index < -0.39 is 5.97 Å². The van der Waals surface area contributed by atoms with Gasteiger partial charge in [0.1, 0.15) is 0 Å². The second-order valence-corrected chi connectivity index (χ2v) is 6.41. The Hall–Kier alpha value is -1.30. The van der Waals surface area contributed by atoms with Crippen molar-refractivity contribution < 1.29 is 14.7 Å². The molecule has 2 saturated heterocycles. The molecule has 2 rings (SSSR count). The maximum Gasteiger partial charge on any atom is 0.317 e. The molecular formula is C15H27N3O3. The van der Waals surface area contributed by atoms with Gasteiger partial charge in [-0.1, -0.05) is 0 Å². The molecule has 1 atom stereocenters. The zero-order valence-corrected chi connectivity index (χ0v) is 12.9. The lowest BCUT2D eigenvalue weighted by Gasteiger charge is -2.35. The summed E-state index contributed by atoms with van der Waals surface area (Å²) in [6.07, 6.45) is 4.91. The zero-order chi connectivity index (χ0) is 15.2. The molecular weight excluding hydrogens is 270 g/mol. The van der Waals surface area contributed by atoms with Gasteiger partial charge in [-0.2, -0.15) is 0 Å². The van der Waals surface area contributed by atoms with Crippen molar-refractivity contribution in [1.82, 2.24) is 15.1 Å². The molecule has 2 amide bonds.